The van der Waals surface area contributed by atoms with Gasteiger partial charge in [-0.15, -0.1) is 0 Å². The summed E-state index contributed by atoms with van der Waals surface area (Å²) < 4.78 is 5.19. The zero-order valence-electron chi connectivity index (χ0n) is 12.8. The van der Waals surface area contributed by atoms with E-state index in [-0.39, 0.29) is 5.91 Å². The first-order valence-corrected chi connectivity index (χ1v) is 7.45. The Morgan fingerprint density at radius 3 is 2.35 bits per heavy atom. The lowest BCUT2D eigenvalue weighted by molar-refractivity contribution is -0.120. The Balaban J connectivity index is 1.73. The Morgan fingerprint density at radius 1 is 1.00 bits per heavy atom. The molecule has 1 aromatic heterocycles. The van der Waals surface area contributed by atoms with Gasteiger partial charge in [0.1, 0.15) is 0 Å². The number of hydrogen-bond donors (Lipinski definition) is 1. The number of carbonyl (C=O) groups is 1. The van der Waals surface area contributed by atoms with Crippen molar-refractivity contribution in [1.29, 1.82) is 0 Å². The monoisotopic (exact) mass is 307 g/mol. The molecule has 0 aliphatic carbocycles. The first kappa shape index (κ1) is 15.0. The molecule has 0 atom stereocenters. The molecule has 0 aliphatic rings. The zero-order valence-corrected chi connectivity index (χ0v) is 12.8. The normalized spacial score (nSPS) is 10.5. The number of nitrogens with zero attached hydrogens (tertiary/aromatic N) is 2. The van der Waals surface area contributed by atoms with Crippen LogP contribution in [0.3, 0.4) is 0 Å². The average Bonchev–Trinajstić information content (AvgIpc) is 3.09. The minimum atomic E-state index is -0.0445. The van der Waals surface area contributed by atoms with Gasteiger partial charge in [-0.3, -0.25) is 4.79 Å². The van der Waals surface area contributed by atoms with Crippen molar-refractivity contribution in [2.45, 2.75) is 12.8 Å². The second kappa shape index (κ2) is 6.87. The van der Waals surface area contributed by atoms with Crippen LogP contribution in [-0.4, -0.2) is 23.1 Å². The summed E-state index contributed by atoms with van der Waals surface area (Å²) in [4.78, 5) is 15.6. The Hall–Kier alpha value is -2.95. The van der Waals surface area contributed by atoms with E-state index in [9.17, 15) is 4.79 Å². The second-order valence-electron chi connectivity index (χ2n) is 5.13. The average molecular weight is 307 g/mol. The zero-order chi connectivity index (χ0) is 16.1. The Labute approximate surface area is 134 Å². The molecule has 0 saturated heterocycles. The molecule has 5 nitrogen and oxygen atoms in total. The van der Waals surface area contributed by atoms with E-state index in [0.29, 0.717) is 24.6 Å². The molecule has 1 amide bonds. The fraction of sp³-hybridized carbons (Fsp3) is 0.167. The van der Waals surface area contributed by atoms with Gasteiger partial charge in [-0.05, 0) is 11.1 Å². The summed E-state index contributed by atoms with van der Waals surface area (Å²) in [6.07, 6.45) is 0.778. The van der Waals surface area contributed by atoms with Gasteiger partial charge in [0.05, 0.1) is 0 Å². The minimum Gasteiger partial charge on any atom is -0.359 e. The Morgan fingerprint density at radius 2 is 1.65 bits per heavy atom. The van der Waals surface area contributed by atoms with E-state index < -0.39 is 0 Å². The van der Waals surface area contributed by atoms with E-state index in [2.05, 4.69) is 27.6 Å². The molecule has 1 heterocycles. The highest BCUT2D eigenvalue weighted by Gasteiger charge is 2.10. The van der Waals surface area contributed by atoms with Crippen molar-refractivity contribution in [3.05, 3.63) is 60.5 Å². The molecule has 116 valence electrons. The number of carbonyl (C=O) groups excluding carboxylic acids is 1. The summed E-state index contributed by atoms with van der Waals surface area (Å²) in [7, 11) is 1.61. The third kappa shape index (κ3) is 3.63. The molecule has 0 fully saturated rings. The van der Waals surface area contributed by atoms with Crippen molar-refractivity contribution in [2.24, 2.45) is 0 Å². The molecular formula is C18H17N3O2. The van der Waals surface area contributed by atoms with Crippen molar-refractivity contribution >= 4 is 5.91 Å². The van der Waals surface area contributed by atoms with Crippen LogP contribution in [0.2, 0.25) is 0 Å². The van der Waals surface area contributed by atoms with Gasteiger partial charge in [0.15, 0.2) is 0 Å². The smallest absolute Gasteiger partial charge is 0.227 e. The predicted molar refractivity (Wildman–Crippen MR) is 87.6 cm³/mol. The van der Waals surface area contributed by atoms with E-state index in [1.165, 1.54) is 5.56 Å². The molecule has 0 unspecified atom stereocenters. The largest absolute Gasteiger partial charge is 0.359 e. The van der Waals surface area contributed by atoms with Crippen molar-refractivity contribution in [2.75, 3.05) is 7.05 Å². The van der Waals surface area contributed by atoms with Crippen molar-refractivity contribution in [1.82, 2.24) is 15.5 Å². The molecule has 0 aliphatic heterocycles. The third-order valence-electron chi connectivity index (χ3n) is 3.56. The van der Waals surface area contributed by atoms with Crippen LogP contribution in [-0.2, 0) is 11.2 Å². The lowest BCUT2D eigenvalue weighted by atomic mass is 10.0. The summed E-state index contributed by atoms with van der Waals surface area (Å²) in [6.45, 7) is 0. The molecular weight excluding hydrogens is 290 g/mol. The highest BCUT2D eigenvalue weighted by Crippen LogP contribution is 2.23. The second-order valence-corrected chi connectivity index (χ2v) is 5.13. The lowest BCUT2D eigenvalue weighted by Gasteiger charge is -2.01. The molecule has 2 aromatic carbocycles. The maximum Gasteiger partial charge on any atom is 0.227 e. The van der Waals surface area contributed by atoms with Gasteiger partial charge in [0.25, 0.3) is 0 Å². The highest BCUT2D eigenvalue weighted by atomic mass is 16.5. The van der Waals surface area contributed by atoms with Crippen molar-refractivity contribution < 1.29 is 9.32 Å². The minimum absolute atomic E-state index is 0.0445. The number of hydrogen-bond acceptors (Lipinski definition) is 4. The maximum atomic E-state index is 11.2. The molecule has 0 saturated carbocycles. The molecule has 3 rings (SSSR count). The SMILES string of the molecule is CNC(=O)CCc1nc(-c2ccc(-c3ccccc3)cc2)no1. The van der Waals surface area contributed by atoms with Gasteiger partial charge in [0, 0.05) is 25.5 Å². The predicted octanol–water partition coefficient (Wildman–Crippen LogP) is 3.08. The van der Waals surface area contributed by atoms with Crippen LogP contribution in [0, 0.1) is 0 Å². The fourth-order valence-corrected chi connectivity index (χ4v) is 2.26. The van der Waals surface area contributed by atoms with Gasteiger partial charge in [-0.25, -0.2) is 0 Å². The first-order valence-electron chi connectivity index (χ1n) is 7.45. The summed E-state index contributed by atoms with van der Waals surface area (Å²) >= 11 is 0. The highest BCUT2D eigenvalue weighted by molar-refractivity contribution is 5.75. The lowest BCUT2D eigenvalue weighted by Crippen LogP contribution is -2.17. The molecule has 1 N–H and O–H groups in total. The summed E-state index contributed by atoms with van der Waals surface area (Å²) in [5, 5.41) is 6.54. The van der Waals surface area contributed by atoms with Crippen LogP contribution in [0.1, 0.15) is 12.3 Å². The van der Waals surface area contributed by atoms with Gasteiger partial charge in [-0.1, -0.05) is 59.8 Å². The molecule has 3 aromatic rings. The molecule has 0 bridgehead atoms. The van der Waals surface area contributed by atoms with E-state index in [1.54, 1.807) is 7.05 Å². The summed E-state index contributed by atoms with van der Waals surface area (Å²) in [5.41, 5.74) is 3.19. The van der Waals surface area contributed by atoms with E-state index in [4.69, 9.17) is 4.52 Å². The Bertz CT molecular complexity index is 780. The molecule has 0 radical (unpaired) electrons. The standard InChI is InChI=1S/C18H17N3O2/c1-19-16(22)11-12-17-20-18(21-23-17)15-9-7-14(8-10-15)13-5-3-2-4-6-13/h2-10H,11-12H2,1H3,(H,19,22). The van der Waals surface area contributed by atoms with Gasteiger partial charge in [0.2, 0.25) is 17.6 Å². The van der Waals surface area contributed by atoms with Crippen LogP contribution in [0.15, 0.2) is 59.1 Å². The number of nitrogens with one attached hydrogen (secondary N) is 1. The molecule has 23 heavy (non-hydrogen) atoms. The van der Waals surface area contributed by atoms with Gasteiger partial charge >= 0.3 is 0 Å². The number of aromatic nitrogens is 2. The quantitative estimate of drug-likeness (QED) is 0.786. The van der Waals surface area contributed by atoms with E-state index >= 15 is 0 Å². The summed E-state index contributed by atoms with van der Waals surface area (Å²) in [6, 6.07) is 18.2. The summed E-state index contributed by atoms with van der Waals surface area (Å²) in [5.74, 6) is 0.962. The molecule has 5 heteroatoms. The van der Waals surface area contributed by atoms with E-state index in [0.717, 1.165) is 11.1 Å². The van der Waals surface area contributed by atoms with Crippen LogP contribution in [0.25, 0.3) is 22.5 Å². The number of amides is 1. The van der Waals surface area contributed by atoms with Crippen molar-refractivity contribution in [3.63, 3.8) is 0 Å². The van der Waals surface area contributed by atoms with E-state index in [1.807, 2.05) is 42.5 Å². The van der Waals surface area contributed by atoms with Gasteiger partial charge in [-0.2, -0.15) is 4.98 Å². The van der Waals surface area contributed by atoms with Crippen LogP contribution in [0.5, 0.6) is 0 Å². The number of rotatable bonds is 5. The van der Waals surface area contributed by atoms with Crippen LogP contribution >= 0.6 is 0 Å². The number of aryl methyl sites for hydroxylation is 1. The topological polar surface area (TPSA) is 68.0 Å². The van der Waals surface area contributed by atoms with Crippen molar-refractivity contribution in [3.8, 4) is 22.5 Å². The third-order valence-corrected chi connectivity index (χ3v) is 3.56. The van der Waals surface area contributed by atoms with Crippen LogP contribution < -0.4 is 5.32 Å². The number of benzene rings is 2. The van der Waals surface area contributed by atoms with Crippen LogP contribution in [0.4, 0.5) is 0 Å². The first-order chi connectivity index (χ1) is 11.3. The molecule has 0 spiro atoms. The maximum absolute atomic E-state index is 11.2. The Kier molecular flexibility index (Phi) is 4.47. The fourth-order valence-electron chi connectivity index (χ4n) is 2.26. The van der Waals surface area contributed by atoms with Gasteiger partial charge < -0.3 is 9.84 Å².